The summed E-state index contributed by atoms with van der Waals surface area (Å²) in [5, 5.41) is 3.73. The van der Waals surface area contributed by atoms with Crippen molar-refractivity contribution in [1.29, 1.82) is 0 Å². The third-order valence-electron chi connectivity index (χ3n) is 5.01. The fourth-order valence-electron chi connectivity index (χ4n) is 3.71. The minimum Gasteiger partial charge on any atom is -0.326 e. The normalized spacial score (nSPS) is 24.5. The average Bonchev–Trinajstić information content (AvgIpc) is 2.53. The smallest absolute Gasteiger partial charge is 0.248 e. The highest BCUT2D eigenvalue weighted by Gasteiger charge is 2.22. The lowest BCUT2D eigenvalue weighted by molar-refractivity contribution is 0.167. The summed E-state index contributed by atoms with van der Waals surface area (Å²) >= 11 is 0. The van der Waals surface area contributed by atoms with Gasteiger partial charge in [-0.3, -0.25) is 9.69 Å². The predicted octanol–water partition coefficient (Wildman–Crippen LogP) is 2.22. The Morgan fingerprint density at radius 3 is 2.90 bits per heavy atom. The molecule has 0 radical (unpaired) electrons. The molecule has 3 rings (SSSR count). The first-order chi connectivity index (χ1) is 10.2. The third kappa shape index (κ3) is 3.55. The van der Waals surface area contributed by atoms with Crippen molar-refractivity contribution in [2.24, 2.45) is 0 Å². The number of H-pyrrole nitrogens is 1. The maximum absolute atomic E-state index is 11.4. The Hall–Kier alpha value is -1.13. The molecular weight excluding hydrogens is 262 g/mol. The van der Waals surface area contributed by atoms with Crippen molar-refractivity contribution in [2.45, 2.75) is 57.5 Å². The van der Waals surface area contributed by atoms with Crippen LogP contribution in [0, 0.1) is 0 Å². The van der Waals surface area contributed by atoms with Gasteiger partial charge in [-0.25, -0.2) is 0 Å². The second-order valence-corrected chi connectivity index (χ2v) is 6.56. The average molecular weight is 289 g/mol. The minimum atomic E-state index is 0.0242. The molecule has 0 aromatic carbocycles. The Morgan fingerprint density at radius 2 is 2.10 bits per heavy atom. The molecule has 4 nitrogen and oxygen atoms in total. The van der Waals surface area contributed by atoms with Crippen molar-refractivity contribution < 1.29 is 0 Å². The van der Waals surface area contributed by atoms with Crippen LogP contribution in [0.25, 0.3) is 0 Å². The number of nitrogens with zero attached hydrogens (tertiary/aromatic N) is 1. The van der Waals surface area contributed by atoms with Gasteiger partial charge in [0.25, 0.3) is 0 Å². The van der Waals surface area contributed by atoms with E-state index in [4.69, 9.17) is 0 Å². The fourth-order valence-corrected chi connectivity index (χ4v) is 3.71. The van der Waals surface area contributed by atoms with Crippen molar-refractivity contribution in [1.82, 2.24) is 15.2 Å². The van der Waals surface area contributed by atoms with E-state index in [0.29, 0.717) is 12.1 Å². The lowest BCUT2D eigenvalue weighted by atomic mass is 9.91. The summed E-state index contributed by atoms with van der Waals surface area (Å²) in [6, 6.07) is 4.67. The number of rotatable bonds is 4. The molecule has 0 amide bonds. The van der Waals surface area contributed by atoms with Crippen molar-refractivity contribution in [2.75, 3.05) is 19.6 Å². The highest BCUT2D eigenvalue weighted by Crippen LogP contribution is 2.27. The highest BCUT2D eigenvalue weighted by atomic mass is 16.1. The molecule has 2 unspecified atom stereocenters. The maximum Gasteiger partial charge on any atom is 0.248 e. The Kier molecular flexibility index (Phi) is 4.76. The van der Waals surface area contributed by atoms with Gasteiger partial charge in [0.05, 0.1) is 0 Å². The van der Waals surface area contributed by atoms with E-state index in [0.717, 1.165) is 25.1 Å². The molecule has 1 aliphatic carbocycles. The van der Waals surface area contributed by atoms with Crippen LogP contribution in [0.3, 0.4) is 0 Å². The van der Waals surface area contributed by atoms with E-state index in [1.54, 1.807) is 6.07 Å². The largest absolute Gasteiger partial charge is 0.326 e. The number of piperidine rings is 1. The molecule has 0 spiro atoms. The van der Waals surface area contributed by atoms with E-state index in [1.165, 1.54) is 44.3 Å². The van der Waals surface area contributed by atoms with Crippen molar-refractivity contribution in [3.05, 3.63) is 33.7 Å². The number of pyridine rings is 1. The first kappa shape index (κ1) is 14.8. The van der Waals surface area contributed by atoms with Gasteiger partial charge in [0, 0.05) is 30.4 Å². The number of nitrogens with one attached hydrogen (secondary N) is 2. The first-order valence-electron chi connectivity index (χ1n) is 8.43. The minimum absolute atomic E-state index is 0.0242. The van der Waals surface area contributed by atoms with E-state index >= 15 is 0 Å². The second-order valence-electron chi connectivity index (χ2n) is 6.56. The fraction of sp³-hybridized carbons (Fsp3) is 0.706. The topological polar surface area (TPSA) is 48.1 Å². The van der Waals surface area contributed by atoms with Crippen LogP contribution in [-0.2, 0) is 6.42 Å². The number of hydrogen-bond acceptors (Lipinski definition) is 3. The number of fused-ring (bicyclic) bond motifs is 1. The molecule has 1 aliphatic heterocycles. The molecular formula is C17H27N3O. The van der Waals surface area contributed by atoms with Gasteiger partial charge in [0.15, 0.2) is 0 Å². The highest BCUT2D eigenvalue weighted by molar-refractivity contribution is 5.26. The molecule has 1 aromatic heterocycles. The number of likely N-dealkylation sites (tertiary alicyclic amines) is 1. The van der Waals surface area contributed by atoms with Gasteiger partial charge in [-0.05, 0) is 57.7 Å². The Balaban J connectivity index is 1.60. The lowest BCUT2D eigenvalue weighted by Gasteiger charge is -2.34. The molecule has 21 heavy (non-hydrogen) atoms. The Morgan fingerprint density at radius 1 is 1.29 bits per heavy atom. The van der Waals surface area contributed by atoms with E-state index < -0.39 is 0 Å². The molecule has 2 atom stereocenters. The van der Waals surface area contributed by atoms with Crippen LogP contribution in [0.15, 0.2) is 16.9 Å². The molecule has 1 saturated heterocycles. The second kappa shape index (κ2) is 6.75. The van der Waals surface area contributed by atoms with Crippen LogP contribution >= 0.6 is 0 Å². The van der Waals surface area contributed by atoms with E-state index in [-0.39, 0.29) is 5.56 Å². The van der Waals surface area contributed by atoms with Gasteiger partial charge in [0.2, 0.25) is 5.56 Å². The zero-order chi connectivity index (χ0) is 14.7. The summed E-state index contributed by atoms with van der Waals surface area (Å²) in [6.45, 7) is 5.85. The van der Waals surface area contributed by atoms with Crippen molar-refractivity contribution in [3.63, 3.8) is 0 Å². The van der Waals surface area contributed by atoms with Crippen LogP contribution < -0.4 is 10.9 Å². The van der Waals surface area contributed by atoms with E-state index in [9.17, 15) is 4.79 Å². The summed E-state index contributed by atoms with van der Waals surface area (Å²) in [4.78, 5) is 17.0. The first-order valence-corrected chi connectivity index (χ1v) is 8.43. The van der Waals surface area contributed by atoms with Crippen LogP contribution in [-0.4, -0.2) is 35.6 Å². The molecule has 0 bridgehead atoms. The molecule has 1 aromatic rings. The molecule has 1 fully saturated rings. The molecule has 2 heterocycles. The van der Waals surface area contributed by atoms with Crippen LogP contribution in [0.5, 0.6) is 0 Å². The quantitative estimate of drug-likeness (QED) is 0.893. The van der Waals surface area contributed by atoms with Crippen LogP contribution in [0.1, 0.15) is 56.3 Å². The maximum atomic E-state index is 11.4. The van der Waals surface area contributed by atoms with Gasteiger partial charge in [-0.1, -0.05) is 12.5 Å². The van der Waals surface area contributed by atoms with Crippen LogP contribution in [0.4, 0.5) is 0 Å². The third-order valence-corrected chi connectivity index (χ3v) is 5.01. The summed E-state index contributed by atoms with van der Waals surface area (Å²) in [5.41, 5.74) is 2.46. The predicted molar refractivity (Wildman–Crippen MR) is 85.6 cm³/mol. The van der Waals surface area contributed by atoms with Gasteiger partial charge in [-0.15, -0.1) is 0 Å². The monoisotopic (exact) mass is 289 g/mol. The summed E-state index contributed by atoms with van der Waals surface area (Å²) in [7, 11) is 0. The molecule has 2 N–H and O–H groups in total. The van der Waals surface area contributed by atoms with Crippen molar-refractivity contribution in [3.8, 4) is 0 Å². The zero-order valence-electron chi connectivity index (χ0n) is 13.0. The number of aromatic nitrogens is 1. The lowest BCUT2D eigenvalue weighted by Crippen LogP contribution is -2.44. The molecule has 4 heteroatoms. The van der Waals surface area contributed by atoms with Crippen molar-refractivity contribution >= 4 is 0 Å². The Bertz CT molecular complexity index is 519. The number of hydrogen-bond donors (Lipinski definition) is 2. The SMILES string of the molecule is CC(CNC1CCCc2[nH]c(=O)ccc21)N1CCCCC1. The molecule has 116 valence electrons. The van der Waals surface area contributed by atoms with Gasteiger partial charge >= 0.3 is 0 Å². The number of aromatic amines is 1. The van der Waals surface area contributed by atoms with E-state index in [1.807, 2.05) is 6.07 Å². The van der Waals surface area contributed by atoms with Gasteiger partial charge in [0.1, 0.15) is 0 Å². The zero-order valence-corrected chi connectivity index (χ0v) is 13.0. The molecule has 2 aliphatic rings. The van der Waals surface area contributed by atoms with Crippen LogP contribution in [0.2, 0.25) is 0 Å². The summed E-state index contributed by atoms with van der Waals surface area (Å²) in [6.07, 6.45) is 7.41. The summed E-state index contributed by atoms with van der Waals surface area (Å²) < 4.78 is 0. The standard InChI is InChI=1S/C17H27N3O/c1-13(20-10-3-2-4-11-20)12-18-15-6-5-7-16-14(15)8-9-17(21)19-16/h8-9,13,15,18H,2-7,10-12H2,1H3,(H,19,21). The van der Waals surface area contributed by atoms with Gasteiger partial charge in [-0.2, -0.15) is 0 Å². The number of aryl methyl sites for hydroxylation is 1. The van der Waals surface area contributed by atoms with E-state index in [2.05, 4.69) is 22.1 Å². The Labute approximate surface area is 126 Å². The molecule has 0 saturated carbocycles. The summed E-state index contributed by atoms with van der Waals surface area (Å²) in [5.74, 6) is 0. The van der Waals surface area contributed by atoms with Gasteiger partial charge < -0.3 is 10.3 Å².